The van der Waals surface area contributed by atoms with Crippen LogP contribution >= 0.6 is 15.9 Å². The second kappa shape index (κ2) is 5.05. The van der Waals surface area contributed by atoms with Crippen LogP contribution in [0.5, 0.6) is 0 Å². The first-order valence-electron chi connectivity index (χ1n) is 4.60. The Balaban J connectivity index is 2.85. The predicted octanol–water partition coefficient (Wildman–Crippen LogP) is 2.53. The second-order valence-corrected chi connectivity index (χ2v) is 4.61. The van der Waals surface area contributed by atoms with E-state index in [0.29, 0.717) is 10.9 Å². The quantitative estimate of drug-likeness (QED) is 0.916. The molecule has 1 rings (SSSR count). The van der Waals surface area contributed by atoms with E-state index in [1.807, 2.05) is 0 Å². The molecule has 15 heavy (non-hydrogen) atoms. The van der Waals surface area contributed by atoms with E-state index in [0.717, 1.165) is 5.56 Å². The summed E-state index contributed by atoms with van der Waals surface area (Å²) >= 11 is 3.16. The molecule has 1 N–H and O–H groups in total. The molecule has 0 heterocycles. The number of ether oxygens (including phenoxy) is 1. The fourth-order valence-corrected chi connectivity index (χ4v) is 1.86. The van der Waals surface area contributed by atoms with Gasteiger partial charge in [0, 0.05) is 13.5 Å². The average Bonchev–Trinajstić information content (AvgIpc) is 2.12. The first-order chi connectivity index (χ1) is 6.96. The lowest BCUT2D eigenvalue weighted by molar-refractivity contribution is -0.0162. The number of aliphatic hydroxyl groups is 1. The van der Waals surface area contributed by atoms with E-state index in [1.54, 1.807) is 19.1 Å². The topological polar surface area (TPSA) is 29.5 Å². The normalized spacial score (nSPS) is 15.0. The van der Waals surface area contributed by atoms with Gasteiger partial charge in [0.25, 0.3) is 0 Å². The molecule has 84 valence electrons. The van der Waals surface area contributed by atoms with Gasteiger partial charge in [0.2, 0.25) is 0 Å². The van der Waals surface area contributed by atoms with Crippen LogP contribution in [0.25, 0.3) is 0 Å². The zero-order valence-corrected chi connectivity index (χ0v) is 10.3. The fourth-order valence-electron chi connectivity index (χ4n) is 1.46. The van der Waals surface area contributed by atoms with E-state index in [4.69, 9.17) is 4.74 Å². The van der Waals surface area contributed by atoms with Gasteiger partial charge in [-0.3, -0.25) is 0 Å². The highest BCUT2D eigenvalue weighted by Crippen LogP contribution is 2.24. The monoisotopic (exact) mass is 276 g/mol. The molecule has 0 fully saturated rings. The molecule has 2 nitrogen and oxygen atoms in total. The molecule has 0 aliphatic carbocycles. The first-order valence-corrected chi connectivity index (χ1v) is 5.40. The molecular weight excluding hydrogens is 263 g/mol. The van der Waals surface area contributed by atoms with E-state index >= 15 is 0 Å². The molecule has 4 heteroatoms. The molecule has 0 aliphatic rings. The molecule has 0 radical (unpaired) electrons. The Morgan fingerprint density at radius 1 is 1.53 bits per heavy atom. The minimum atomic E-state index is -0.981. The van der Waals surface area contributed by atoms with Crippen LogP contribution in [0.2, 0.25) is 0 Å². The summed E-state index contributed by atoms with van der Waals surface area (Å²) in [6.45, 7) is 1.88. The van der Waals surface area contributed by atoms with Crippen LogP contribution in [0, 0.1) is 5.82 Å². The molecule has 0 aromatic heterocycles. The Kier molecular flexibility index (Phi) is 4.25. The minimum absolute atomic E-state index is 0.218. The molecule has 0 saturated carbocycles. The van der Waals surface area contributed by atoms with Crippen LogP contribution in [0.15, 0.2) is 22.7 Å². The van der Waals surface area contributed by atoms with Crippen molar-refractivity contribution in [1.82, 2.24) is 0 Å². The van der Waals surface area contributed by atoms with E-state index in [2.05, 4.69) is 15.9 Å². The van der Waals surface area contributed by atoms with Crippen LogP contribution in [-0.2, 0) is 11.2 Å². The smallest absolute Gasteiger partial charge is 0.137 e. The van der Waals surface area contributed by atoms with Crippen molar-refractivity contribution in [2.75, 3.05) is 13.7 Å². The summed E-state index contributed by atoms with van der Waals surface area (Å²) in [5, 5.41) is 9.91. The third-order valence-corrected chi connectivity index (χ3v) is 2.95. The Morgan fingerprint density at radius 2 is 2.20 bits per heavy atom. The summed E-state index contributed by atoms with van der Waals surface area (Å²) in [4.78, 5) is 0. The van der Waals surface area contributed by atoms with Crippen molar-refractivity contribution < 1.29 is 14.2 Å². The number of hydrogen-bond acceptors (Lipinski definition) is 2. The Hall–Kier alpha value is -0.450. The number of hydrogen-bond donors (Lipinski definition) is 1. The molecule has 0 bridgehead atoms. The number of halogens is 2. The van der Waals surface area contributed by atoms with E-state index in [1.165, 1.54) is 13.2 Å². The SMILES string of the molecule is COCC(C)(O)Cc1cccc(F)c1Br. The van der Waals surface area contributed by atoms with E-state index < -0.39 is 5.60 Å². The van der Waals surface area contributed by atoms with Gasteiger partial charge in [-0.2, -0.15) is 0 Å². The molecule has 0 spiro atoms. The van der Waals surface area contributed by atoms with E-state index in [-0.39, 0.29) is 12.4 Å². The first kappa shape index (κ1) is 12.6. The van der Waals surface area contributed by atoms with Gasteiger partial charge >= 0.3 is 0 Å². The third-order valence-electron chi connectivity index (χ3n) is 2.06. The fraction of sp³-hybridized carbons (Fsp3) is 0.455. The zero-order chi connectivity index (χ0) is 11.5. The molecular formula is C11H14BrFO2. The van der Waals surface area contributed by atoms with Gasteiger partial charge < -0.3 is 9.84 Å². The predicted molar refractivity (Wildman–Crippen MR) is 60.3 cm³/mol. The minimum Gasteiger partial charge on any atom is -0.387 e. The van der Waals surface area contributed by atoms with Crippen molar-refractivity contribution in [2.24, 2.45) is 0 Å². The summed E-state index contributed by atoms with van der Waals surface area (Å²) in [6, 6.07) is 4.77. The highest BCUT2D eigenvalue weighted by atomic mass is 79.9. The lowest BCUT2D eigenvalue weighted by Crippen LogP contribution is -2.32. The Bertz CT molecular complexity index is 339. The Labute approximate surface area is 97.2 Å². The molecule has 1 atom stereocenters. The molecule has 1 unspecified atom stereocenters. The van der Waals surface area contributed by atoms with Crippen molar-refractivity contribution in [3.8, 4) is 0 Å². The van der Waals surface area contributed by atoms with Crippen LogP contribution < -0.4 is 0 Å². The molecule has 0 amide bonds. The van der Waals surface area contributed by atoms with Gasteiger partial charge in [-0.15, -0.1) is 0 Å². The standard InChI is InChI=1S/C11H14BrFO2/c1-11(14,7-15-2)6-8-4-3-5-9(13)10(8)12/h3-5,14H,6-7H2,1-2H3. The number of methoxy groups -OCH3 is 1. The average molecular weight is 277 g/mol. The van der Waals surface area contributed by atoms with Crippen molar-refractivity contribution in [3.63, 3.8) is 0 Å². The van der Waals surface area contributed by atoms with Crippen LogP contribution in [0.4, 0.5) is 4.39 Å². The van der Waals surface area contributed by atoms with Crippen molar-refractivity contribution >= 4 is 15.9 Å². The number of rotatable bonds is 4. The van der Waals surface area contributed by atoms with Crippen LogP contribution in [0.3, 0.4) is 0 Å². The third kappa shape index (κ3) is 3.55. The maximum atomic E-state index is 13.2. The van der Waals surface area contributed by atoms with Crippen LogP contribution in [-0.4, -0.2) is 24.4 Å². The second-order valence-electron chi connectivity index (χ2n) is 3.82. The van der Waals surface area contributed by atoms with E-state index in [9.17, 15) is 9.50 Å². The van der Waals surface area contributed by atoms with Crippen molar-refractivity contribution in [1.29, 1.82) is 0 Å². The lowest BCUT2D eigenvalue weighted by Gasteiger charge is -2.22. The molecule has 0 aliphatic heterocycles. The highest BCUT2D eigenvalue weighted by molar-refractivity contribution is 9.10. The summed E-state index contributed by atoms with van der Waals surface area (Å²) in [5.41, 5.74) is -0.248. The van der Waals surface area contributed by atoms with Crippen molar-refractivity contribution in [3.05, 3.63) is 34.1 Å². The summed E-state index contributed by atoms with van der Waals surface area (Å²) < 4.78 is 18.5. The zero-order valence-electron chi connectivity index (χ0n) is 8.76. The molecule has 1 aromatic rings. The largest absolute Gasteiger partial charge is 0.387 e. The number of benzene rings is 1. The van der Waals surface area contributed by atoms with Crippen molar-refractivity contribution in [2.45, 2.75) is 18.9 Å². The lowest BCUT2D eigenvalue weighted by atomic mass is 9.97. The molecule has 1 aromatic carbocycles. The van der Waals surface area contributed by atoms with Gasteiger partial charge in [0.05, 0.1) is 16.7 Å². The maximum Gasteiger partial charge on any atom is 0.137 e. The van der Waals surface area contributed by atoms with Gasteiger partial charge in [-0.25, -0.2) is 4.39 Å². The molecule has 0 saturated heterocycles. The maximum absolute atomic E-state index is 13.2. The summed E-state index contributed by atoms with van der Waals surface area (Å²) in [5.74, 6) is -0.319. The summed E-state index contributed by atoms with van der Waals surface area (Å²) in [7, 11) is 1.52. The van der Waals surface area contributed by atoms with Gasteiger partial charge in [0.15, 0.2) is 0 Å². The Morgan fingerprint density at radius 3 is 2.80 bits per heavy atom. The van der Waals surface area contributed by atoms with Gasteiger partial charge in [0.1, 0.15) is 5.82 Å². The van der Waals surface area contributed by atoms with Crippen LogP contribution in [0.1, 0.15) is 12.5 Å². The van der Waals surface area contributed by atoms with Gasteiger partial charge in [-0.1, -0.05) is 12.1 Å². The highest BCUT2D eigenvalue weighted by Gasteiger charge is 2.22. The summed E-state index contributed by atoms with van der Waals surface area (Å²) in [6.07, 6.45) is 0.346. The van der Waals surface area contributed by atoms with Gasteiger partial charge in [-0.05, 0) is 34.5 Å².